The number of carbonyl (C=O) groups excluding carboxylic acids is 1. The first-order chi connectivity index (χ1) is 9.95. The van der Waals surface area contributed by atoms with Gasteiger partial charge in [-0.1, -0.05) is 30.4 Å². The van der Waals surface area contributed by atoms with E-state index < -0.39 is 17.5 Å². The van der Waals surface area contributed by atoms with Crippen LogP contribution in [0.1, 0.15) is 21.5 Å². The van der Waals surface area contributed by atoms with Gasteiger partial charge in [-0.25, -0.2) is 8.78 Å². The van der Waals surface area contributed by atoms with Crippen molar-refractivity contribution in [1.29, 1.82) is 0 Å². The second kappa shape index (κ2) is 6.41. The average molecular weight is 306 g/mol. The molecular weight excluding hydrogens is 294 g/mol. The number of thiocarbonyl (C=S) groups is 1. The predicted octanol–water partition coefficient (Wildman–Crippen LogP) is 2.53. The van der Waals surface area contributed by atoms with Gasteiger partial charge in [0.25, 0.3) is 5.91 Å². The van der Waals surface area contributed by atoms with Gasteiger partial charge < -0.3 is 11.1 Å². The molecular formula is C15H12F2N2OS. The molecule has 0 unspecified atom stereocenters. The molecule has 21 heavy (non-hydrogen) atoms. The fourth-order valence-corrected chi connectivity index (χ4v) is 1.93. The zero-order valence-electron chi connectivity index (χ0n) is 10.9. The molecule has 0 aliphatic rings. The van der Waals surface area contributed by atoms with Crippen LogP contribution in [0, 0.1) is 11.6 Å². The van der Waals surface area contributed by atoms with Gasteiger partial charge in [-0.05, 0) is 23.8 Å². The summed E-state index contributed by atoms with van der Waals surface area (Å²) in [4.78, 5) is 12.1. The molecule has 108 valence electrons. The summed E-state index contributed by atoms with van der Waals surface area (Å²) in [6.07, 6.45) is 0. The van der Waals surface area contributed by atoms with Crippen LogP contribution in [0.25, 0.3) is 0 Å². The van der Waals surface area contributed by atoms with E-state index in [2.05, 4.69) is 5.32 Å². The second-order valence-corrected chi connectivity index (χ2v) is 4.85. The Morgan fingerprint density at radius 1 is 1.10 bits per heavy atom. The number of nitrogens with two attached hydrogens (primary N) is 1. The van der Waals surface area contributed by atoms with E-state index in [1.807, 2.05) is 0 Å². The molecule has 1 amide bonds. The second-order valence-electron chi connectivity index (χ2n) is 4.41. The number of amides is 1. The molecule has 0 saturated carbocycles. The molecule has 6 heteroatoms. The molecule has 0 heterocycles. The Kier molecular flexibility index (Phi) is 4.59. The minimum absolute atomic E-state index is 0.0713. The van der Waals surface area contributed by atoms with Gasteiger partial charge in [-0.15, -0.1) is 0 Å². The van der Waals surface area contributed by atoms with Crippen LogP contribution in [0.2, 0.25) is 0 Å². The molecule has 0 fully saturated rings. The van der Waals surface area contributed by atoms with Crippen LogP contribution in [0.4, 0.5) is 8.78 Å². The minimum Gasteiger partial charge on any atom is -0.389 e. The Labute approximate surface area is 125 Å². The van der Waals surface area contributed by atoms with Crippen LogP contribution >= 0.6 is 12.2 Å². The molecule has 0 atom stereocenters. The van der Waals surface area contributed by atoms with E-state index in [4.69, 9.17) is 18.0 Å². The lowest BCUT2D eigenvalue weighted by Gasteiger charge is -2.07. The SMILES string of the molecule is NC(=S)c1cccc(CNC(=O)c2cc(F)cc(F)c2)c1. The summed E-state index contributed by atoms with van der Waals surface area (Å²) in [5.74, 6) is -2.15. The highest BCUT2D eigenvalue weighted by atomic mass is 32.1. The number of carbonyl (C=O) groups is 1. The summed E-state index contributed by atoms with van der Waals surface area (Å²) in [5, 5.41) is 2.58. The van der Waals surface area contributed by atoms with Crippen LogP contribution in [0.5, 0.6) is 0 Å². The van der Waals surface area contributed by atoms with Gasteiger partial charge in [-0.3, -0.25) is 4.79 Å². The van der Waals surface area contributed by atoms with Crippen molar-refractivity contribution in [3.63, 3.8) is 0 Å². The van der Waals surface area contributed by atoms with Crippen LogP contribution < -0.4 is 11.1 Å². The highest BCUT2D eigenvalue weighted by Gasteiger charge is 2.09. The smallest absolute Gasteiger partial charge is 0.251 e. The van der Waals surface area contributed by atoms with Gasteiger partial charge in [0.15, 0.2) is 0 Å². The largest absolute Gasteiger partial charge is 0.389 e. The predicted molar refractivity (Wildman–Crippen MR) is 79.9 cm³/mol. The van der Waals surface area contributed by atoms with E-state index in [0.29, 0.717) is 11.6 Å². The summed E-state index contributed by atoms with van der Waals surface area (Å²) in [7, 11) is 0. The van der Waals surface area contributed by atoms with Gasteiger partial charge in [-0.2, -0.15) is 0 Å². The van der Waals surface area contributed by atoms with Crippen LogP contribution in [-0.4, -0.2) is 10.9 Å². The van der Waals surface area contributed by atoms with Gasteiger partial charge in [0.2, 0.25) is 0 Å². The number of rotatable bonds is 4. The van der Waals surface area contributed by atoms with Crippen LogP contribution in [0.15, 0.2) is 42.5 Å². The number of hydrogen-bond acceptors (Lipinski definition) is 2. The molecule has 0 radical (unpaired) electrons. The summed E-state index contributed by atoms with van der Waals surface area (Å²) in [5.41, 5.74) is 6.92. The third-order valence-corrected chi connectivity index (χ3v) is 3.03. The maximum atomic E-state index is 13.0. The summed E-state index contributed by atoms with van der Waals surface area (Å²) in [6, 6.07) is 9.71. The normalized spacial score (nSPS) is 10.2. The molecule has 0 spiro atoms. The summed E-state index contributed by atoms with van der Waals surface area (Å²) >= 11 is 4.87. The van der Waals surface area contributed by atoms with Gasteiger partial charge in [0, 0.05) is 23.7 Å². The van der Waals surface area contributed by atoms with Crippen molar-refractivity contribution in [3.8, 4) is 0 Å². The maximum absolute atomic E-state index is 13.0. The fourth-order valence-electron chi connectivity index (χ4n) is 1.80. The van der Waals surface area contributed by atoms with E-state index in [1.165, 1.54) is 0 Å². The lowest BCUT2D eigenvalue weighted by atomic mass is 10.1. The summed E-state index contributed by atoms with van der Waals surface area (Å²) < 4.78 is 26.1. The number of hydrogen-bond donors (Lipinski definition) is 2. The topological polar surface area (TPSA) is 55.1 Å². The highest BCUT2D eigenvalue weighted by Crippen LogP contribution is 2.09. The minimum atomic E-state index is -0.796. The van der Waals surface area contributed by atoms with Crippen molar-refractivity contribution in [3.05, 3.63) is 70.8 Å². The van der Waals surface area contributed by atoms with Crippen molar-refractivity contribution >= 4 is 23.1 Å². The van der Waals surface area contributed by atoms with E-state index in [1.54, 1.807) is 24.3 Å². The average Bonchev–Trinajstić information content (AvgIpc) is 2.44. The standard InChI is InChI=1S/C15H12F2N2OS/c16-12-5-11(6-13(17)7-12)15(20)19-8-9-2-1-3-10(4-9)14(18)21/h1-7H,8H2,(H2,18,21)(H,19,20). The van der Waals surface area contributed by atoms with Gasteiger partial charge in [0.1, 0.15) is 16.6 Å². The van der Waals surface area contributed by atoms with Crippen LogP contribution in [0.3, 0.4) is 0 Å². The quantitative estimate of drug-likeness (QED) is 0.854. The Morgan fingerprint density at radius 3 is 2.38 bits per heavy atom. The number of benzene rings is 2. The molecule has 0 aliphatic carbocycles. The first-order valence-corrected chi connectivity index (χ1v) is 6.49. The van der Waals surface area contributed by atoms with E-state index in [-0.39, 0.29) is 17.1 Å². The molecule has 0 saturated heterocycles. The summed E-state index contributed by atoms with van der Waals surface area (Å²) in [6.45, 7) is 0.202. The van der Waals surface area contributed by atoms with Crippen molar-refractivity contribution in [2.45, 2.75) is 6.54 Å². The van der Waals surface area contributed by atoms with Crippen molar-refractivity contribution in [2.24, 2.45) is 5.73 Å². The molecule has 3 nitrogen and oxygen atoms in total. The first-order valence-electron chi connectivity index (χ1n) is 6.09. The Bertz CT molecular complexity index is 684. The van der Waals surface area contributed by atoms with Gasteiger partial charge >= 0.3 is 0 Å². The third-order valence-electron chi connectivity index (χ3n) is 2.79. The molecule has 2 aromatic rings. The van der Waals surface area contributed by atoms with Crippen LogP contribution in [-0.2, 0) is 6.54 Å². The van der Waals surface area contributed by atoms with Crippen molar-refractivity contribution in [2.75, 3.05) is 0 Å². The maximum Gasteiger partial charge on any atom is 0.251 e. The lowest BCUT2D eigenvalue weighted by molar-refractivity contribution is 0.0950. The molecule has 0 bridgehead atoms. The van der Waals surface area contributed by atoms with E-state index in [9.17, 15) is 13.6 Å². The molecule has 0 aliphatic heterocycles. The molecule has 3 N–H and O–H groups in total. The highest BCUT2D eigenvalue weighted by molar-refractivity contribution is 7.80. The number of nitrogens with one attached hydrogen (secondary N) is 1. The van der Waals surface area contributed by atoms with E-state index >= 15 is 0 Å². The Balaban J connectivity index is 2.07. The van der Waals surface area contributed by atoms with Crippen molar-refractivity contribution in [1.82, 2.24) is 5.32 Å². The zero-order chi connectivity index (χ0) is 15.4. The van der Waals surface area contributed by atoms with Crippen molar-refractivity contribution < 1.29 is 13.6 Å². The third kappa shape index (κ3) is 4.06. The van der Waals surface area contributed by atoms with E-state index in [0.717, 1.165) is 17.7 Å². The number of halogens is 2. The monoisotopic (exact) mass is 306 g/mol. The molecule has 2 rings (SSSR count). The van der Waals surface area contributed by atoms with Gasteiger partial charge in [0.05, 0.1) is 0 Å². The molecule has 0 aromatic heterocycles. The Morgan fingerprint density at radius 2 is 1.76 bits per heavy atom. The fraction of sp³-hybridized carbons (Fsp3) is 0.0667. The zero-order valence-corrected chi connectivity index (χ0v) is 11.7. The molecule has 2 aromatic carbocycles. The Hall–Kier alpha value is -2.34. The first kappa shape index (κ1) is 15.1. The lowest BCUT2D eigenvalue weighted by Crippen LogP contribution is -2.23.